The van der Waals surface area contributed by atoms with Crippen molar-refractivity contribution < 1.29 is 9.66 Å². The topological polar surface area (TPSA) is 102 Å². The Bertz CT molecular complexity index is 951. The first kappa shape index (κ1) is 17.4. The predicted molar refractivity (Wildman–Crippen MR) is 99.7 cm³/mol. The number of anilines is 4. The third-order valence-corrected chi connectivity index (χ3v) is 3.82. The van der Waals surface area contributed by atoms with Gasteiger partial charge in [-0.1, -0.05) is 35.9 Å². The average Bonchev–Trinajstić information content (AvgIpc) is 2.64. The lowest BCUT2D eigenvalue weighted by molar-refractivity contribution is -0.383. The van der Waals surface area contributed by atoms with Crippen molar-refractivity contribution in [3.8, 4) is 5.75 Å². The highest BCUT2D eigenvalue weighted by molar-refractivity contribution is 6.33. The van der Waals surface area contributed by atoms with Crippen molar-refractivity contribution in [2.75, 3.05) is 17.7 Å². The zero-order valence-electron chi connectivity index (χ0n) is 13.6. The van der Waals surface area contributed by atoms with Gasteiger partial charge in [0, 0.05) is 0 Å². The first-order valence-electron chi connectivity index (χ1n) is 7.51. The molecule has 0 aliphatic carbocycles. The third-order valence-electron chi connectivity index (χ3n) is 3.49. The minimum atomic E-state index is -0.559. The van der Waals surface area contributed by atoms with Crippen LogP contribution in [0.2, 0.25) is 5.02 Å². The van der Waals surface area contributed by atoms with Crippen LogP contribution < -0.4 is 15.4 Å². The standard InChI is InChI=1S/C17H14ClN5O3/c1-26-14-9-5-4-8-13(14)22-17-15(23(24)25)16(19-10-20-17)21-12-7-3-2-6-11(12)18/h2-10H,1H3,(H2,19,20,21,22). The first-order chi connectivity index (χ1) is 12.6. The number of nitrogens with zero attached hydrogens (tertiary/aromatic N) is 3. The molecule has 0 aliphatic heterocycles. The van der Waals surface area contributed by atoms with Gasteiger partial charge < -0.3 is 15.4 Å². The SMILES string of the molecule is COc1ccccc1Nc1ncnc(Nc2ccccc2Cl)c1[N+](=O)[O-]. The first-order valence-corrected chi connectivity index (χ1v) is 7.89. The van der Waals surface area contributed by atoms with Crippen LogP contribution in [0.3, 0.4) is 0 Å². The smallest absolute Gasteiger partial charge is 0.353 e. The van der Waals surface area contributed by atoms with E-state index in [1.165, 1.54) is 13.4 Å². The summed E-state index contributed by atoms with van der Waals surface area (Å²) in [6.45, 7) is 0. The van der Waals surface area contributed by atoms with Gasteiger partial charge in [-0.3, -0.25) is 10.1 Å². The van der Waals surface area contributed by atoms with E-state index in [-0.39, 0.29) is 17.3 Å². The monoisotopic (exact) mass is 371 g/mol. The highest BCUT2D eigenvalue weighted by Crippen LogP contribution is 2.36. The number of hydrogen-bond acceptors (Lipinski definition) is 7. The van der Waals surface area contributed by atoms with Crippen molar-refractivity contribution in [1.82, 2.24) is 9.97 Å². The number of ether oxygens (including phenoxy) is 1. The number of nitrogens with one attached hydrogen (secondary N) is 2. The molecule has 0 fully saturated rings. The summed E-state index contributed by atoms with van der Waals surface area (Å²) < 4.78 is 5.25. The van der Waals surface area contributed by atoms with Crippen molar-refractivity contribution in [1.29, 1.82) is 0 Å². The highest BCUT2D eigenvalue weighted by atomic mass is 35.5. The van der Waals surface area contributed by atoms with Crippen molar-refractivity contribution in [2.45, 2.75) is 0 Å². The van der Waals surface area contributed by atoms with Gasteiger partial charge in [-0.25, -0.2) is 9.97 Å². The van der Waals surface area contributed by atoms with Gasteiger partial charge in [-0.05, 0) is 24.3 Å². The van der Waals surface area contributed by atoms with Crippen LogP contribution in [-0.4, -0.2) is 22.0 Å². The minimum absolute atomic E-state index is 0.0236. The summed E-state index contributed by atoms with van der Waals surface area (Å²) in [6, 6.07) is 13.9. The van der Waals surface area contributed by atoms with Gasteiger partial charge >= 0.3 is 5.69 Å². The molecule has 1 heterocycles. The van der Waals surface area contributed by atoms with Gasteiger partial charge in [0.15, 0.2) is 0 Å². The summed E-state index contributed by atoms with van der Waals surface area (Å²) in [7, 11) is 1.51. The normalized spacial score (nSPS) is 10.2. The van der Waals surface area contributed by atoms with Crippen LogP contribution in [0, 0.1) is 10.1 Å². The summed E-state index contributed by atoms with van der Waals surface area (Å²) in [5, 5.41) is 17.9. The van der Waals surface area contributed by atoms with Crippen LogP contribution >= 0.6 is 11.6 Å². The molecule has 0 saturated carbocycles. The predicted octanol–water partition coefficient (Wildman–Crippen LogP) is 4.53. The molecule has 0 atom stereocenters. The molecule has 0 radical (unpaired) electrons. The number of aromatic nitrogens is 2. The maximum Gasteiger partial charge on any atom is 0.353 e. The maximum atomic E-state index is 11.6. The quantitative estimate of drug-likeness (QED) is 0.484. The van der Waals surface area contributed by atoms with Crippen molar-refractivity contribution >= 4 is 40.3 Å². The second-order valence-electron chi connectivity index (χ2n) is 5.11. The molecule has 8 nitrogen and oxygen atoms in total. The summed E-state index contributed by atoms with van der Waals surface area (Å²) in [6.07, 6.45) is 1.23. The van der Waals surface area contributed by atoms with E-state index < -0.39 is 4.92 Å². The summed E-state index contributed by atoms with van der Waals surface area (Å²) in [5.41, 5.74) is 0.734. The summed E-state index contributed by atoms with van der Waals surface area (Å²) >= 11 is 6.11. The van der Waals surface area contributed by atoms with Crippen LogP contribution in [0.4, 0.5) is 28.7 Å². The second-order valence-corrected chi connectivity index (χ2v) is 5.51. The van der Waals surface area contributed by atoms with Crippen LogP contribution in [0.25, 0.3) is 0 Å². The Morgan fingerprint density at radius 3 is 2.19 bits per heavy atom. The van der Waals surface area contributed by atoms with Crippen LogP contribution in [0.1, 0.15) is 0 Å². The molecule has 0 aliphatic rings. The highest BCUT2D eigenvalue weighted by Gasteiger charge is 2.24. The average molecular weight is 372 g/mol. The number of rotatable bonds is 6. The van der Waals surface area contributed by atoms with Gasteiger partial charge in [0.05, 0.1) is 28.4 Å². The van der Waals surface area contributed by atoms with E-state index in [1.54, 1.807) is 48.5 Å². The molecule has 0 saturated heterocycles. The van der Waals surface area contributed by atoms with E-state index in [2.05, 4.69) is 20.6 Å². The molecule has 26 heavy (non-hydrogen) atoms. The Balaban J connectivity index is 2.01. The van der Waals surface area contributed by atoms with Crippen LogP contribution in [0.5, 0.6) is 5.75 Å². The number of methoxy groups -OCH3 is 1. The molecule has 3 rings (SSSR count). The van der Waals surface area contributed by atoms with Gasteiger partial charge in [-0.2, -0.15) is 0 Å². The van der Waals surface area contributed by atoms with E-state index >= 15 is 0 Å². The van der Waals surface area contributed by atoms with Crippen LogP contribution in [0.15, 0.2) is 54.9 Å². The molecule has 3 aromatic rings. The van der Waals surface area contributed by atoms with Gasteiger partial charge in [-0.15, -0.1) is 0 Å². The molecule has 2 aromatic carbocycles. The fourth-order valence-corrected chi connectivity index (χ4v) is 2.48. The zero-order valence-corrected chi connectivity index (χ0v) is 14.4. The molecule has 0 amide bonds. The van der Waals surface area contributed by atoms with Gasteiger partial charge in [0.1, 0.15) is 12.1 Å². The van der Waals surface area contributed by atoms with Crippen molar-refractivity contribution in [2.24, 2.45) is 0 Å². The lowest BCUT2D eigenvalue weighted by Gasteiger charge is -2.12. The number of nitro groups is 1. The number of benzene rings is 2. The number of para-hydroxylation sites is 3. The lowest BCUT2D eigenvalue weighted by atomic mass is 10.3. The Kier molecular flexibility index (Phi) is 5.14. The molecule has 132 valence electrons. The number of halogens is 1. The van der Waals surface area contributed by atoms with Crippen LogP contribution in [-0.2, 0) is 0 Å². The molecule has 1 aromatic heterocycles. The van der Waals surface area contributed by atoms with Gasteiger partial charge in [0.25, 0.3) is 0 Å². The minimum Gasteiger partial charge on any atom is -0.495 e. The Morgan fingerprint density at radius 2 is 1.58 bits per heavy atom. The lowest BCUT2D eigenvalue weighted by Crippen LogP contribution is -2.06. The fraction of sp³-hybridized carbons (Fsp3) is 0.0588. The molecular weight excluding hydrogens is 358 g/mol. The fourth-order valence-electron chi connectivity index (χ4n) is 2.30. The maximum absolute atomic E-state index is 11.6. The van der Waals surface area contributed by atoms with E-state index in [9.17, 15) is 10.1 Å². The zero-order chi connectivity index (χ0) is 18.5. The van der Waals surface area contributed by atoms with E-state index in [1.807, 2.05) is 0 Å². The summed E-state index contributed by atoms with van der Waals surface area (Å²) in [5.74, 6) is 0.584. The van der Waals surface area contributed by atoms with E-state index in [4.69, 9.17) is 16.3 Å². The molecular formula is C17H14ClN5O3. The van der Waals surface area contributed by atoms with Crippen molar-refractivity contribution in [3.05, 3.63) is 70.0 Å². The number of hydrogen-bond donors (Lipinski definition) is 2. The molecule has 0 spiro atoms. The molecule has 9 heteroatoms. The Hall–Kier alpha value is -3.39. The summed E-state index contributed by atoms with van der Waals surface area (Å²) in [4.78, 5) is 19.1. The molecule has 0 bridgehead atoms. The Labute approximate surface area is 154 Å². The van der Waals surface area contributed by atoms with Gasteiger partial charge in [0.2, 0.25) is 11.6 Å². The third kappa shape index (κ3) is 3.65. The van der Waals surface area contributed by atoms with E-state index in [0.29, 0.717) is 22.1 Å². The largest absolute Gasteiger partial charge is 0.495 e. The molecule has 2 N–H and O–H groups in total. The Morgan fingerprint density at radius 1 is 1.00 bits per heavy atom. The van der Waals surface area contributed by atoms with Crippen molar-refractivity contribution in [3.63, 3.8) is 0 Å². The molecule has 0 unspecified atom stereocenters. The van der Waals surface area contributed by atoms with E-state index in [0.717, 1.165) is 0 Å². The second kappa shape index (κ2) is 7.66.